The van der Waals surface area contributed by atoms with Gasteiger partial charge in [-0.1, -0.05) is 18.6 Å². The van der Waals surface area contributed by atoms with E-state index < -0.39 is 23.8 Å². The molecule has 1 unspecified atom stereocenters. The van der Waals surface area contributed by atoms with E-state index in [2.05, 4.69) is 11.4 Å². The topological polar surface area (TPSA) is 79.2 Å². The van der Waals surface area contributed by atoms with Crippen molar-refractivity contribution >= 4 is 28.2 Å². The van der Waals surface area contributed by atoms with Crippen molar-refractivity contribution in [1.29, 1.82) is 5.26 Å². The zero-order valence-corrected chi connectivity index (χ0v) is 16.4. The van der Waals surface area contributed by atoms with E-state index >= 15 is 0 Å². The number of carbonyl (C=O) groups is 2. The fraction of sp³-hybridized carbons (Fsp3) is 0.381. The van der Waals surface area contributed by atoms with Gasteiger partial charge in [0.2, 0.25) is 0 Å². The average Bonchev–Trinajstić information content (AvgIpc) is 2.81. The predicted octanol–water partition coefficient (Wildman–Crippen LogP) is 4.14. The van der Waals surface area contributed by atoms with Crippen LogP contribution in [-0.2, 0) is 33.6 Å². The third kappa shape index (κ3) is 4.76. The van der Waals surface area contributed by atoms with E-state index in [4.69, 9.17) is 4.74 Å². The van der Waals surface area contributed by atoms with Crippen LogP contribution in [0.1, 0.15) is 47.8 Å². The van der Waals surface area contributed by atoms with Crippen molar-refractivity contribution in [3.05, 3.63) is 51.7 Å². The lowest BCUT2D eigenvalue weighted by molar-refractivity contribution is -0.152. The number of nitrogens with one attached hydrogen (secondary N) is 1. The number of rotatable bonds is 5. The normalized spacial score (nSPS) is 14.3. The number of hydrogen-bond donors (Lipinski definition) is 1. The Morgan fingerprint density at radius 1 is 1.32 bits per heavy atom. The van der Waals surface area contributed by atoms with Crippen LogP contribution in [0.3, 0.4) is 0 Å². The van der Waals surface area contributed by atoms with Gasteiger partial charge >= 0.3 is 5.97 Å². The Labute approximate surface area is 167 Å². The Bertz CT molecular complexity index is 932. The number of nitrogens with zero attached hydrogens (tertiary/aromatic N) is 1. The van der Waals surface area contributed by atoms with Crippen LogP contribution in [0.5, 0.6) is 0 Å². The molecule has 0 saturated carbocycles. The molecule has 1 aromatic carbocycles. The smallest absolute Gasteiger partial charge is 0.311 e. The highest BCUT2D eigenvalue weighted by Crippen LogP contribution is 2.37. The van der Waals surface area contributed by atoms with Crippen molar-refractivity contribution < 1.29 is 18.7 Å². The molecule has 7 heteroatoms. The minimum absolute atomic E-state index is 0.119. The quantitative estimate of drug-likeness (QED) is 0.604. The third-order valence-electron chi connectivity index (χ3n) is 4.68. The second kappa shape index (κ2) is 8.98. The van der Waals surface area contributed by atoms with Gasteiger partial charge in [-0.3, -0.25) is 9.59 Å². The number of amides is 1. The zero-order valence-electron chi connectivity index (χ0n) is 15.6. The fourth-order valence-corrected chi connectivity index (χ4v) is 4.51. The van der Waals surface area contributed by atoms with Crippen LogP contribution in [0.25, 0.3) is 0 Å². The van der Waals surface area contributed by atoms with Gasteiger partial charge in [-0.25, -0.2) is 4.39 Å². The van der Waals surface area contributed by atoms with Gasteiger partial charge in [0.15, 0.2) is 6.10 Å². The summed E-state index contributed by atoms with van der Waals surface area (Å²) >= 11 is 1.43. The Morgan fingerprint density at radius 3 is 2.86 bits per heavy atom. The summed E-state index contributed by atoms with van der Waals surface area (Å²) in [7, 11) is 0. The number of aryl methyl sites for hydroxylation is 1. The molecule has 0 spiro atoms. The molecule has 1 amide bonds. The molecule has 5 nitrogen and oxygen atoms in total. The van der Waals surface area contributed by atoms with Gasteiger partial charge in [0.05, 0.1) is 12.0 Å². The van der Waals surface area contributed by atoms with Crippen molar-refractivity contribution in [3.63, 3.8) is 0 Å². The summed E-state index contributed by atoms with van der Waals surface area (Å²) in [4.78, 5) is 25.6. The number of anilines is 1. The van der Waals surface area contributed by atoms with E-state index in [0.29, 0.717) is 16.1 Å². The maximum Gasteiger partial charge on any atom is 0.311 e. The molecule has 0 saturated heterocycles. The SMILES string of the molecule is CC(OC(=O)Cc1cccc(F)c1)C(=O)Nc1sc2c(c1C#N)CCCCC2. The molecule has 0 bridgehead atoms. The first-order valence-corrected chi connectivity index (χ1v) is 10.1. The highest BCUT2D eigenvalue weighted by Gasteiger charge is 2.24. The van der Waals surface area contributed by atoms with E-state index in [0.717, 1.165) is 42.5 Å². The highest BCUT2D eigenvalue weighted by atomic mass is 32.1. The number of fused-ring (bicyclic) bond motifs is 1. The molecule has 1 aromatic heterocycles. The molecule has 1 atom stereocenters. The average molecular weight is 400 g/mol. The van der Waals surface area contributed by atoms with E-state index in [1.807, 2.05) is 0 Å². The summed E-state index contributed by atoms with van der Waals surface area (Å²) in [6.45, 7) is 1.48. The minimum atomic E-state index is -1.02. The molecule has 0 fully saturated rings. The van der Waals surface area contributed by atoms with Crippen LogP contribution in [0.2, 0.25) is 0 Å². The van der Waals surface area contributed by atoms with Crippen LogP contribution in [0, 0.1) is 17.1 Å². The molecule has 1 N–H and O–H groups in total. The second-order valence-electron chi connectivity index (χ2n) is 6.81. The fourth-order valence-electron chi connectivity index (χ4n) is 3.27. The van der Waals surface area contributed by atoms with Gasteiger partial charge in [-0.2, -0.15) is 5.26 Å². The minimum Gasteiger partial charge on any atom is -0.452 e. The van der Waals surface area contributed by atoms with Crippen molar-refractivity contribution in [3.8, 4) is 6.07 Å². The third-order valence-corrected chi connectivity index (χ3v) is 5.89. The van der Waals surface area contributed by atoms with E-state index in [1.165, 1.54) is 36.5 Å². The first-order chi connectivity index (χ1) is 13.5. The first-order valence-electron chi connectivity index (χ1n) is 9.27. The van der Waals surface area contributed by atoms with Gasteiger partial charge in [-0.05, 0) is 55.9 Å². The molecule has 1 aliphatic rings. The number of carbonyl (C=O) groups excluding carboxylic acids is 2. The van der Waals surface area contributed by atoms with E-state index in [-0.39, 0.29) is 6.42 Å². The molecule has 1 heterocycles. The van der Waals surface area contributed by atoms with Crippen molar-refractivity contribution in [2.75, 3.05) is 5.32 Å². The van der Waals surface area contributed by atoms with Crippen LogP contribution < -0.4 is 5.32 Å². The summed E-state index contributed by atoms with van der Waals surface area (Å²) in [5.41, 5.74) is 2.04. The van der Waals surface area contributed by atoms with Gasteiger partial charge in [0, 0.05) is 4.88 Å². The lowest BCUT2D eigenvalue weighted by atomic mass is 10.1. The molecule has 3 rings (SSSR count). The molecule has 2 aromatic rings. The van der Waals surface area contributed by atoms with E-state index in [9.17, 15) is 19.2 Å². The van der Waals surface area contributed by atoms with Gasteiger partial charge in [0.25, 0.3) is 5.91 Å². The molecule has 1 aliphatic carbocycles. The monoisotopic (exact) mass is 400 g/mol. The Morgan fingerprint density at radius 2 is 2.11 bits per heavy atom. The standard InChI is InChI=1S/C21H21FN2O3S/c1-13(27-19(25)11-14-6-5-7-15(22)10-14)20(26)24-21-17(12-23)16-8-3-2-4-9-18(16)28-21/h5-7,10,13H,2-4,8-9,11H2,1H3,(H,24,26). The Balaban J connectivity index is 1.63. The lowest BCUT2D eigenvalue weighted by Crippen LogP contribution is -2.30. The van der Waals surface area contributed by atoms with Crippen molar-refractivity contribution in [1.82, 2.24) is 0 Å². The van der Waals surface area contributed by atoms with Crippen LogP contribution in [0.15, 0.2) is 24.3 Å². The molecule has 0 radical (unpaired) electrons. The Hall–Kier alpha value is -2.72. The van der Waals surface area contributed by atoms with E-state index in [1.54, 1.807) is 6.07 Å². The number of nitriles is 1. The summed E-state index contributed by atoms with van der Waals surface area (Å²) in [6, 6.07) is 7.88. The number of halogens is 1. The van der Waals surface area contributed by atoms with Gasteiger partial charge in [-0.15, -0.1) is 11.3 Å². The van der Waals surface area contributed by atoms with Crippen LogP contribution in [-0.4, -0.2) is 18.0 Å². The molecule has 146 valence electrons. The molecular weight excluding hydrogens is 379 g/mol. The van der Waals surface area contributed by atoms with Gasteiger partial charge < -0.3 is 10.1 Å². The summed E-state index contributed by atoms with van der Waals surface area (Å²) in [5, 5.41) is 12.8. The molecule has 28 heavy (non-hydrogen) atoms. The molecule has 0 aliphatic heterocycles. The lowest BCUT2D eigenvalue weighted by Gasteiger charge is -2.13. The summed E-state index contributed by atoms with van der Waals surface area (Å²) < 4.78 is 18.4. The number of hydrogen-bond acceptors (Lipinski definition) is 5. The maximum absolute atomic E-state index is 13.2. The number of benzene rings is 1. The van der Waals surface area contributed by atoms with Crippen molar-refractivity contribution in [2.45, 2.75) is 51.6 Å². The first kappa shape index (κ1) is 20.0. The second-order valence-corrected chi connectivity index (χ2v) is 7.91. The Kier molecular flexibility index (Phi) is 6.42. The number of esters is 1. The van der Waals surface area contributed by atoms with Gasteiger partial charge in [0.1, 0.15) is 16.9 Å². The zero-order chi connectivity index (χ0) is 20.1. The number of ether oxygens (including phenoxy) is 1. The van der Waals surface area contributed by atoms with Crippen molar-refractivity contribution in [2.24, 2.45) is 0 Å². The maximum atomic E-state index is 13.2. The largest absolute Gasteiger partial charge is 0.452 e. The summed E-state index contributed by atoms with van der Waals surface area (Å²) in [6.07, 6.45) is 3.90. The predicted molar refractivity (Wildman–Crippen MR) is 105 cm³/mol. The van der Waals surface area contributed by atoms with Crippen LogP contribution in [0.4, 0.5) is 9.39 Å². The molecular formula is C21H21FN2O3S. The number of thiophene rings is 1. The summed E-state index contributed by atoms with van der Waals surface area (Å²) in [5.74, 6) is -1.53. The highest BCUT2D eigenvalue weighted by molar-refractivity contribution is 7.16. The van der Waals surface area contributed by atoms with Crippen LogP contribution >= 0.6 is 11.3 Å².